The highest BCUT2D eigenvalue weighted by Crippen LogP contribution is 2.19. The first-order valence-electron chi connectivity index (χ1n) is 28.7. The molecule has 0 aliphatic carbocycles. The number of carbonyl (C=O) groups excluding carboxylic acids is 3. The third-order valence-corrected chi connectivity index (χ3v) is 13.9. The zero-order chi connectivity index (χ0) is 47.0. The molecule has 0 aromatic heterocycles. The smallest absolute Gasteiger partial charge is 0.306 e. The number of carbonyl (C=O) groups is 3. The van der Waals surface area contributed by atoms with Crippen molar-refractivity contribution in [3.63, 3.8) is 0 Å². The number of rotatable bonds is 51. The summed E-state index contributed by atoms with van der Waals surface area (Å²) in [6.45, 7) is 13.8. The molecule has 0 spiro atoms. The summed E-state index contributed by atoms with van der Waals surface area (Å²) >= 11 is 0. The Morgan fingerprint density at radius 2 is 0.547 bits per heavy atom. The van der Waals surface area contributed by atoms with Gasteiger partial charge in [-0.3, -0.25) is 14.4 Å². The second kappa shape index (κ2) is 49.3. The Kier molecular flexibility index (Phi) is 48.1. The van der Waals surface area contributed by atoms with Crippen LogP contribution in [0.3, 0.4) is 0 Å². The second-order valence-corrected chi connectivity index (χ2v) is 20.9. The third kappa shape index (κ3) is 48.3. The average molecular weight is 906 g/mol. The zero-order valence-corrected chi connectivity index (χ0v) is 44.1. The van der Waals surface area contributed by atoms with Crippen LogP contribution in [0.1, 0.15) is 318 Å². The van der Waals surface area contributed by atoms with Crippen LogP contribution in [-0.4, -0.2) is 37.2 Å². The van der Waals surface area contributed by atoms with E-state index in [2.05, 4.69) is 41.5 Å². The van der Waals surface area contributed by atoms with E-state index in [4.69, 9.17) is 14.2 Å². The summed E-state index contributed by atoms with van der Waals surface area (Å²) in [6, 6.07) is 0. The Labute approximate surface area is 399 Å². The molecule has 2 unspecified atom stereocenters. The highest BCUT2D eigenvalue weighted by atomic mass is 16.6. The Bertz CT molecular complexity index is 995. The van der Waals surface area contributed by atoms with E-state index in [1.807, 2.05) is 0 Å². The van der Waals surface area contributed by atoms with Gasteiger partial charge < -0.3 is 14.2 Å². The van der Waals surface area contributed by atoms with Gasteiger partial charge in [0.15, 0.2) is 6.10 Å². The molecule has 0 heterocycles. The van der Waals surface area contributed by atoms with Crippen molar-refractivity contribution in [1.82, 2.24) is 0 Å². The highest BCUT2D eigenvalue weighted by molar-refractivity contribution is 5.71. The van der Waals surface area contributed by atoms with Crippen molar-refractivity contribution < 1.29 is 28.6 Å². The molecule has 0 saturated carbocycles. The lowest BCUT2D eigenvalue weighted by atomic mass is 9.99. The minimum atomic E-state index is -0.764. The first-order valence-corrected chi connectivity index (χ1v) is 28.7. The number of hydrogen-bond acceptors (Lipinski definition) is 6. The Morgan fingerprint density at radius 1 is 0.312 bits per heavy atom. The van der Waals surface area contributed by atoms with Crippen molar-refractivity contribution in [2.75, 3.05) is 13.2 Å². The molecule has 0 amide bonds. The first kappa shape index (κ1) is 62.4. The molecule has 0 rings (SSSR count). The van der Waals surface area contributed by atoms with Crippen LogP contribution in [0.25, 0.3) is 0 Å². The molecule has 6 nitrogen and oxygen atoms in total. The van der Waals surface area contributed by atoms with Gasteiger partial charge in [-0.25, -0.2) is 0 Å². The second-order valence-electron chi connectivity index (χ2n) is 20.9. The van der Waals surface area contributed by atoms with Gasteiger partial charge in [-0.2, -0.15) is 0 Å². The maximum absolute atomic E-state index is 12.8. The van der Waals surface area contributed by atoms with E-state index in [-0.39, 0.29) is 31.1 Å². The molecule has 380 valence electrons. The molecule has 0 aliphatic heterocycles. The Hall–Kier alpha value is -1.59. The fraction of sp³-hybridized carbons (Fsp3) is 0.948. The van der Waals surface area contributed by atoms with E-state index < -0.39 is 6.10 Å². The van der Waals surface area contributed by atoms with Gasteiger partial charge in [0.1, 0.15) is 13.2 Å². The minimum absolute atomic E-state index is 0.0644. The van der Waals surface area contributed by atoms with E-state index in [0.29, 0.717) is 19.3 Å². The van der Waals surface area contributed by atoms with Gasteiger partial charge in [-0.05, 0) is 37.0 Å². The van der Waals surface area contributed by atoms with Gasteiger partial charge in [-0.15, -0.1) is 0 Å². The van der Waals surface area contributed by atoms with Crippen LogP contribution in [0.15, 0.2) is 0 Å². The van der Waals surface area contributed by atoms with Crippen LogP contribution < -0.4 is 0 Å². The molecular formula is C58H112O6. The summed E-state index contributed by atoms with van der Waals surface area (Å²) in [7, 11) is 0. The van der Waals surface area contributed by atoms with E-state index in [9.17, 15) is 14.4 Å². The monoisotopic (exact) mass is 905 g/mol. The van der Waals surface area contributed by atoms with Crippen molar-refractivity contribution in [1.29, 1.82) is 0 Å². The van der Waals surface area contributed by atoms with Gasteiger partial charge in [0.05, 0.1) is 0 Å². The molecule has 0 fully saturated rings. The molecule has 0 N–H and O–H groups in total. The van der Waals surface area contributed by atoms with E-state index in [1.165, 1.54) is 199 Å². The van der Waals surface area contributed by atoms with Gasteiger partial charge in [0.25, 0.3) is 0 Å². The van der Waals surface area contributed by atoms with E-state index in [0.717, 1.165) is 75.5 Å². The lowest BCUT2D eigenvalue weighted by Gasteiger charge is -2.18. The maximum atomic E-state index is 12.8. The Balaban J connectivity index is 4.21. The van der Waals surface area contributed by atoms with Gasteiger partial charge >= 0.3 is 17.9 Å². The van der Waals surface area contributed by atoms with Crippen LogP contribution >= 0.6 is 0 Å². The predicted octanol–water partition coefficient (Wildman–Crippen LogP) is 18.7. The van der Waals surface area contributed by atoms with E-state index in [1.54, 1.807) is 0 Å². The Morgan fingerprint density at radius 3 is 0.812 bits per heavy atom. The number of ether oxygens (including phenoxy) is 3. The van der Waals surface area contributed by atoms with Gasteiger partial charge in [0, 0.05) is 19.3 Å². The van der Waals surface area contributed by atoms with Crippen molar-refractivity contribution in [3.8, 4) is 0 Å². The summed E-state index contributed by atoms with van der Waals surface area (Å²) in [5.74, 6) is 1.71. The third-order valence-electron chi connectivity index (χ3n) is 13.9. The average Bonchev–Trinajstić information content (AvgIpc) is 3.28. The first-order chi connectivity index (χ1) is 31.2. The molecule has 0 radical (unpaired) electrons. The fourth-order valence-electron chi connectivity index (χ4n) is 8.76. The maximum Gasteiger partial charge on any atom is 0.306 e. The van der Waals surface area contributed by atoms with Crippen LogP contribution in [0.4, 0.5) is 0 Å². The molecule has 6 heteroatoms. The molecule has 0 aromatic rings. The van der Waals surface area contributed by atoms with Crippen LogP contribution in [0.5, 0.6) is 0 Å². The largest absolute Gasteiger partial charge is 0.462 e. The normalized spacial score (nSPS) is 13.0. The van der Waals surface area contributed by atoms with Gasteiger partial charge in [-0.1, -0.05) is 279 Å². The van der Waals surface area contributed by atoms with Crippen molar-refractivity contribution in [3.05, 3.63) is 0 Å². The zero-order valence-electron chi connectivity index (χ0n) is 44.1. The molecule has 3 atom stereocenters. The lowest BCUT2D eigenvalue weighted by Crippen LogP contribution is -2.30. The summed E-state index contributed by atoms with van der Waals surface area (Å²) in [5, 5.41) is 0. The summed E-state index contributed by atoms with van der Waals surface area (Å²) in [4.78, 5) is 38.1. The van der Waals surface area contributed by atoms with Crippen molar-refractivity contribution in [2.24, 2.45) is 17.8 Å². The number of unbranched alkanes of at least 4 members (excludes halogenated alkanes) is 32. The van der Waals surface area contributed by atoms with Crippen molar-refractivity contribution in [2.45, 2.75) is 324 Å². The number of esters is 3. The fourth-order valence-corrected chi connectivity index (χ4v) is 8.76. The summed E-state index contributed by atoms with van der Waals surface area (Å²) in [5.41, 5.74) is 0. The molecule has 0 aromatic carbocycles. The molecule has 0 saturated heterocycles. The minimum Gasteiger partial charge on any atom is -0.462 e. The SMILES string of the molecule is CCC(C)CCCCCCCCCCCCCCCCCCCCC(=O)OC[C@H](COC(=O)CCCCCCCCCCC(C)CC)OC(=O)CCCCCCCCCCCC(C)C. The van der Waals surface area contributed by atoms with Crippen LogP contribution in [0.2, 0.25) is 0 Å². The predicted molar refractivity (Wildman–Crippen MR) is 275 cm³/mol. The summed E-state index contributed by atoms with van der Waals surface area (Å²) < 4.78 is 16.9. The van der Waals surface area contributed by atoms with E-state index >= 15 is 0 Å². The van der Waals surface area contributed by atoms with Gasteiger partial charge in [0.2, 0.25) is 0 Å². The molecule has 64 heavy (non-hydrogen) atoms. The lowest BCUT2D eigenvalue weighted by molar-refractivity contribution is -0.167. The standard InChI is InChI=1S/C58H112O6/c1-7-53(5)45-39-33-27-21-17-15-13-11-9-10-12-14-16-18-22-29-35-41-47-56(59)62-50-55(64-58(61)49-43-37-31-23-19-20-26-32-38-44-52(3)4)51-63-57(60)48-42-36-30-25-24-28-34-40-46-54(6)8-2/h52-55H,7-51H2,1-6H3/t53?,54?,55-/m1/s1. The highest BCUT2D eigenvalue weighted by Gasteiger charge is 2.19. The quantitative estimate of drug-likeness (QED) is 0.0344. The van der Waals surface area contributed by atoms with Crippen molar-refractivity contribution >= 4 is 17.9 Å². The summed E-state index contributed by atoms with van der Waals surface area (Å²) in [6.07, 6.45) is 50.9. The number of hydrogen-bond donors (Lipinski definition) is 0. The molecule has 0 bridgehead atoms. The topological polar surface area (TPSA) is 78.9 Å². The van der Waals surface area contributed by atoms with Crippen LogP contribution in [0, 0.1) is 17.8 Å². The molecular weight excluding hydrogens is 793 g/mol. The molecule has 0 aliphatic rings. The van der Waals surface area contributed by atoms with Crippen LogP contribution in [-0.2, 0) is 28.6 Å².